The van der Waals surface area contributed by atoms with Gasteiger partial charge in [0.05, 0.1) is 19.3 Å². The first-order valence-electron chi connectivity index (χ1n) is 7.88. The number of rotatable bonds is 7. The van der Waals surface area contributed by atoms with Gasteiger partial charge in [0, 0.05) is 12.1 Å². The Morgan fingerprint density at radius 2 is 2.04 bits per heavy atom. The lowest BCUT2D eigenvalue weighted by Gasteiger charge is -2.03. The summed E-state index contributed by atoms with van der Waals surface area (Å²) in [4.78, 5) is 23.2. The average Bonchev–Trinajstić information content (AvgIpc) is 3.29. The SMILES string of the molecule is O=C(/C=C/c1cn(Cc2ccccc2)nn1)NCC(=O)NC1CC1. The summed E-state index contributed by atoms with van der Waals surface area (Å²) in [6.45, 7) is 0.607. The summed E-state index contributed by atoms with van der Waals surface area (Å²) >= 11 is 0. The fourth-order valence-corrected chi connectivity index (χ4v) is 2.13. The highest BCUT2D eigenvalue weighted by Crippen LogP contribution is 2.18. The minimum Gasteiger partial charge on any atom is -0.352 e. The molecule has 0 radical (unpaired) electrons. The van der Waals surface area contributed by atoms with Gasteiger partial charge in [0.25, 0.3) is 0 Å². The molecule has 1 heterocycles. The number of amides is 2. The molecule has 2 N–H and O–H groups in total. The number of hydrogen-bond donors (Lipinski definition) is 2. The zero-order chi connectivity index (χ0) is 16.8. The zero-order valence-electron chi connectivity index (χ0n) is 13.2. The Kier molecular flexibility index (Phi) is 5.00. The molecule has 1 aliphatic rings. The van der Waals surface area contributed by atoms with Gasteiger partial charge < -0.3 is 10.6 Å². The van der Waals surface area contributed by atoms with E-state index in [2.05, 4.69) is 20.9 Å². The molecular formula is C17H19N5O2. The lowest BCUT2D eigenvalue weighted by atomic mass is 10.2. The van der Waals surface area contributed by atoms with Crippen LogP contribution in [-0.4, -0.2) is 39.4 Å². The second-order valence-electron chi connectivity index (χ2n) is 5.72. The summed E-state index contributed by atoms with van der Waals surface area (Å²) in [5.74, 6) is -0.494. The van der Waals surface area contributed by atoms with Gasteiger partial charge in [0.2, 0.25) is 11.8 Å². The molecule has 0 saturated heterocycles. The molecule has 124 valence electrons. The fourth-order valence-electron chi connectivity index (χ4n) is 2.13. The summed E-state index contributed by atoms with van der Waals surface area (Å²) < 4.78 is 1.70. The van der Waals surface area contributed by atoms with Gasteiger partial charge >= 0.3 is 0 Å². The molecule has 1 aromatic carbocycles. The molecule has 0 bridgehead atoms. The molecule has 0 atom stereocenters. The van der Waals surface area contributed by atoms with Gasteiger partial charge in [0.1, 0.15) is 5.69 Å². The molecule has 1 aliphatic carbocycles. The molecule has 0 aliphatic heterocycles. The van der Waals surface area contributed by atoms with Crippen LogP contribution in [0, 0.1) is 0 Å². The Balaban J connectivity index is 1.45. The Bertz CT molecular complexity index is 734. The smallest absolute Gasteiger partial charge is 0.244 e. The lowest BCUT2D eigenvalue weighted by Crippen LogP contribution is -2.37. The van der Waals surface area contributed by atoms with Crippen LogP contribution in [0.3, 0.4) is 0 Å². The Hall–Kier alpha value is -2.96. The highest BCUT2D eigenvalue weighted by Gasteiger charge is 2.22. The third-order valence-electron chi connectivity index (χ3n) is 3.51. The van der Waals surface area contributed by atoms with Crippen LogP contribution in [0.2, 0.25) is 0 Å². The number of aromatic nitrogens is 3. The largest absolute Gasteiger partial charge is 0.352 e. The van der Waals surface area contributed by atoms with E-state index in [9.17, 15) is 9.59 Å². The first-order chi connectivity index (χ1) is 11.7. The second-order valence-corrected chi connectivity index (χ2v) is 5.72. The molecule has 1 saturated carbocycles. The minimum absolute atomic E-state index is 0.0135. The molecule has 2 aromatic rings. The molecular weight excluding hydrogens is 306 g/mol. The summed E-state index contributed by atoms with van der Waals surface area (Å²) in [7, 11) is 0. The molecule has 1 aromatic heterocycles. The van der Waals surface area contributed by atoms with E-state index >= 15 is 0 Å². The van der Waals surface area contributed by atoms with Gasteiger partial charge in [-0.1, -0.05) is 35.5 Å². The molecule has 2 amide bonds. The van der Waals surface area contributed by atoms with Crippen molar-refractivity contribution in [3.8, 4) is 0 Å². The Morgan fingerprint density at radius 3 is 2.79 bits per heavy atom. The normalized spacial score (nSPS) is 13.8. The Labute approximate surface area is 139 Å². The fraction of sp³-hybridized carbons (Fsp3) is 0.294. The summed E-state index contributed by atoms with van der Waals surface area (Å²) in [5, 5.41) is 13.4. The predicted molar refractivity (Wildman–Crippen MR) is 88.8 cm³/mol. The van der Waals surface area contributed by atoms with Crippen molar-refractivity contribution in [2.45, 2.75) is 25.4 Å². The van der Waals surface area contributed by atoms with E-state index in [-0.39, 0.29) is 18.4 Å². The molecule has 0 spiro atoms. The van der Waals surface area contributed by atoms with E-state index in [0.29, 0.717) is 18.3 Å². The minimum atomic E-state index is -0.335. The van der Waals surface area contributed by atoms with E-state index in [1.165, 1.54) is 6.08 Å². The first kappa shape index (κ1) is 15.9. The van der Waals surface area contributed by atoms with Crippen LogP contribution < -0.4 is 10.6 Å². The molecule has 0 unspecified atom stereocenters. The van der Waals surface area contributed by atoms with Crippen LogP contribution in [0.1, 0.15) is 24.1 Å². The molecule has 7 nitrogen and oxygen atoms in total. The van der Waals surface area contributed by atoms with E-state index in [1.54, 1.807) is 17.0 Å². The van der Waals surface area contributed by atoms with Crippen molar-refractivity contribution in [3.63, 3.8) is 0 Å². The van der Waals surface area contributed by atoms with Crippen LogP contribution in [-0.2, 0) is 16.1 Å². The van der Waals surface area contributed by atoms with Crippen LogP contribution >= 0.6 is 0 Å². The van der Waals surface area contributed by atoms with Gasteiger partial charge in [-0.25, -0.2) is 4.68 Å². The lowest BCUT2D eigenvalue weighted by molar-refractivity contribution is -0.124. The molecule has 3 rings (SSSR count). The maximum Gasteiger partial charge on any atom is 0.244 e. The van der Waals surface area contributed by atoms with Crippen molar-refractivity contribution in [1.29, 1.82) is 0 Å². The number of hydrogen-bond acceptors (Lipinski definition) is 4. The number of nitrogens with one attached hydrogen (secondary N) is 2. The van der Waals surface area contributed by atoms with E-state index < -0.39 is 0 Å². The van der Waals surface area contributed by atoms with Crippen LogP contribution in [0.4, 0.5) is 0 Å². The summed E-state index contributed by atoms with van der Waals surface area (Å²) in [6.07, 6.45) is 6.73. The van der Waals surface area contributed by atoms with E-state index in [4.69, 9.17) is 0 Å². The number of benzene rings is 1. The van der Waals surface area contributed by atoms with Gasteiger partial charge in [-0.05, 0) is 24.5 Å². The second kappa shape index (κ2) is 7.54. The van der Waals surface area contributed by atoms with E-state index in [0.717, 1.165) is 18.4 Å². The number of carbonyl (C=O) groups is 2. The quantitative estimate of drug-likeness (QED) is 0.735. The maximum atomic E-state index is 11.7. The van der Waals surface area contributed by atoms with Crippen molar-refractivity contribution < 1.29 is 9.59 Å². The van der Waals surface area contributed by atoms with Crippen molar-refractivity contribution >= 4 is 17.9 Å². The monoisotopic (exact) mass is 325 g/mol. The third-order valence-corrected chi connectivity index (χ3v) is 3.51. The van der Waals surface area contributed by atoms with Crippen LogP contribution in [0.15, 0.2) is 42.6 Å². The van der Waals surface area contributed by atoms with E-state index in [1.807, 2.05) is 30.3 Å². The summed E-state index contributed by atoms with van der Waals surface area (Å²) in [5.41, 5.74) is 1.71. The van der Waals surface area contributed by atoms with Crippen LogP contribution in [0.25, 0.3) is 6.08 Å². The molecule has 7 heteroatoms. The van der Waals surface area contributed by atoms with Crippen LogP contribution in [0.5, 0.6) is 0 Å². The number of carbonyl (C=O) groups excluding carboxylic acids is 2. The van der Waals surface area contributed by atoms with Crippen molar-refractivity contribution in [2.24, 2.45) is 0 Å². The van der Waals surface area contributed by atoms with Crippen molar-refractivity contribution in [3.05, 3.63) is 53.9 Å². The van der Waals surface area contributed by atoms with Gasteiger partial charge in [0.15, 0.2) is 0 Å². The molecule has 24 heavy (non-hydrogen) atoms. The first-order valence-corrected chi connectivity index (χ1v) is 7.88. The standard InChI is InChI=1S/C17H19N5O2/c23-16(18-10-17(24)19-14-6-7-14)9-8-15-12-22(21-20-15)11-13-4-2-1-3-5-13/h1-5,8-9,12,14H,6-7,10-11H2,(H,18,23)(H,19,24)/b9-8+. The van der Waals surface area contributed by atoms with Crippen molar-refractivity contribution in [2.75, 3.05) is 6.54 Å². The highest BCUT2D eigenvalue weighted by molar-refractivity contribution is 5.94. The maximum absolute atomic E-state index is 11.7. The van der Waals surface area contributed by atoms with Gasteiger partial charge in [-0.2, -0.15) is 0 Å². The topological polar surface area (TPSA) is 88.9 Å². The highest BCUT2D eigenvalue weighted by atomic mass is 16.2. The Morgan fingerprint density at radius 1 is 1.25 bits per heavy atom. The third kappa shape index (κ3) is 5.05. The molecule has 1 fully saturated rings. The zero-order valence-corrected chi connectivity index (χ0v) is 13.2. The average molecular weight is 325 g/mol. The van der Waals surface area contributed by atoms with Crippen molar-refractivity contribution in [1.82, 2.24) is 25.6 Å². The summed E-state index contributed by atoms with van der Waals surface area (Å²) in [6, 6.07) is 10.2. The van der Waals surface area contributed by atoms with Gasteiger partial charge in [-0.15, -0.1) is 5.10 Å². The number of nitrogens with zero attached hydrogens (tertiary/aromatic N) is 3. The predicted octanol–water partition coefficient (Wildman–Crippen LogP) is 0.734. The van der Waals surface area contributed by atoms with Gasteiger partial charge in [-0.3, -0.25) is 9.59 Å².